The van der Waals surface area contributed by atoms with E-state index in [4.69, 9.17) is 0 Å². The molecule has 3 rings (SSSR count). The molecule has 1 aromatic heterocycles. The highest BCUT2D eigenvalue weighted by Crippen LogP contribution is 2.32. The van der Waals surface area contributed by atoms with Crippen molar-refractivity contribution in [2.24, 2.45) is 5.92 Å². The third-order valence-electron chi connectivity index (χ3n) is 4.33. The monoisotopic (exact) mass is 259 g/mol. The van der Waals surface area contributed by atoms with Crippen LogP contribution < -0.4 is 10.6 Å². The van der Waals surface area contributed by atoms with Crippen LogP contribution in [0.5, 0.6) is 0 Å². The van der Waals surface area contributed by atoms with Gasteiger partial charge in [0.25, 0.3) is 0 Å². The lowest BCUT2D eigenvalue weighted by molar-refractivity contribution is -0.117. The Kier molecular flexibility index (Phi) is 3.51. The van der Waals surface area contributed by atoms with Gasteiger partial charge in [-0.1, -0.05) is 0 Å². The number of hydrogen-bond donors (Lipinski definition) is 2. The van der Waals surface area contributed by atoms with Gasteiger partial charge in [-0.25, -0.2) is 0 Å². The molecular weight excluding hydrogens is 238 g/mol. The van der Waals surface area contributed by atoms with E-state index in [1.807, 2.05) is 19.1 Å². The molecular formula is C15H21N3O. The maximum Gasteiger partial charge on any atom is 0.224 e. The molecule has 0 saturated carbocycles. The van der Waals surface area contributed by atoms with E-state index >= 15 is 0 Å². The van der Waals surface area contributed by atoms with E-state index in [1.54, 1.807) is 6.20 Å². The Labute approximate surface area is 114 Å². The standard InChI is InChI=1S/C15H21N3O/c1-10-14(3-2-6-16-10)18-15(19)9-11-7-12-4-5-13(8-11)17-12/h2-3,6,11-13,17H,4-5,7-9H2,1H3,(H,18,19). The summed E-state index contributed by atoms with van der Waals surface area (Å²) in [5, 5.41) is 6.60. The van der Waals surface area contributed by atoms with Crippen molar-refractivity contribution in [3.8, 4) is 0 Å². The number of nitrogens with one attached hydrogen (secondary N) is 2. The molecule has 1 aromatic rings. The second kappa shape index (κ2) is 5.29. The van der Waals surface area contributed by atoms with Gasteiger partial charge >= 0.3 is 0 Å². The summed E-state index contributed by atoms with van der Waals surface area (Å²) in [5.41, 5.74) is 1.71. The minimum Gasteiger partial charge on any atom is -0.324 e. The van der Waals surface area contributed by atoms with Gasteiger partial charge < -0.3 is 10.6 Å². The van der Waals surface area contributed by atoms with E-state index in [-0.39, 0.29) is 5.91 Å². The summed E-state index contributed by atoms with van der Waals surface area (Å²) in [7, 11) is 0. The Bertz CT molecular complexity index is 462. The second-order valence-electron chi connectivity index (χ2n) is 5.86. The van der Waals surface area contributed by atoms with Gasteiger partial charge in [0.1, 0.15) is 0 Å². The number of anilines is 1. The van der Waals surface area contributed by atoms with Crippen LogP contribution in [0.3, 0.4) is 0 Å². The van der Waals surface area contributed by atoms with Crippen molar-refractivity contribution in [1.82, 2.24) is 10.3 Å². The first-order chi connectivity index (χ1) is 9.20. The number of aryl methyl sites for hydroxylation is 1. The van der Waals surface area contributed by atoms with Gasteiger partial charge in [-0.05, 0) is 50.7 Å². The van der Waals surface area contributed by atoms with Crippen molar-refractivity contribution >= 4 is 11.6 Å². The van der Waals surface area contributed by atoms with E-state index in [0.717, 1.165) is 24.2 Å². The maximum absolute atomic E-state index is 12.1. The van der Waals surface area contributed by atoms with Crippen molar-refractivity contribution in [3.63, 3.8) is 0 Å². The fourth-order valence-electron chi connectivity index (χ4n) is 3.42. The Morgan fingerprint density at radius 2 is 2.16 bits per heavy atom. The number of amides is 1. The van der Waals surface area contributed by atoms with Crippen molar-refractivity contribution in [3.05, 3.63) is 24.0 Å². The predicted molar refractivity (Wildman–Crippen MR) is 74.9 cm³/mol. The summed E-state index contributed by atoms with van der Waals surface area (Å²) in [4.78, 5) is 16.3. The fourth-order valence-corrected chi connectivity index (χ4v) is 3.42. The highest BCUT2D eigenvalue weighted by atomic mass is 16.1. The number of carbonyl (C=O) groups excluding carboxylic acids is 1. The first-order valence-electron chi connectivity index (χ1n) is 7.18. The number of carbonyl (C=O) groups is 1. The highest BCUT2D eigenvalue weighted by molar-refractivity contribution is 5.91. The lowest BCUT2D eigenvalue weighted by Crippen LogP contribution is -2.39. The number of rotatable bonds is 3. The van der Waals surface area contributed by atoms with Crippen LogP contribution in [-0.4, -0.2) is 23.0 Å². The first kappa shape index (κ1) is 12.6. The molecule has 4 heteroatoms. The normalized spacial score (nSPS) is 29.2. The number of hydrogen-bond acceptors (Lipinski definition) is 3. The van der Waals surface area contributed by atoms with Crippen molar-refractivity contribution in [1.29, 1.82) is 0 Å². The van der Waals surface area contributed by atoms with Crippen molar-refractivity contribution < 1.29 is 4.79 Å². The van der Waals surface area contributed by atoms with Crippen molar-refractivity contribution in [2.75, 3.05) is 5.32 Å². The Hall–Kier alpha value is -1.42. The van der Waals surface area contributed by atoms with E-state index in [2.05, 4.69) is 15.6 Å². The number of aromatic nitrogens is 1. The minimum absolute atomic E-state index is 0.127. The van der Waals surface area contributed by atoms with Crippen LogP contribution >= 0.6 is 0 Å². The Morgan fingerprint density at radius 3 is 2.84 bits per heavy atom. The summed E-state index contributed by atoms with van der Waals surface area (Å²) < 4.78 is 0. The van der Waals surface area contributed by atoms with E-state index in [9.17, 15) is 4.79 Å². The quantitative estimate of drug-likeness (QED) is 0.875. The van der Waals surface area contributed by atoms with E-state index < -0.39 is 0 Å². The SMILES string of the molecule is Cc1ncccc1NC(=O)CC1CC2CCC(C1)N2. The molecule has 2 N–H and O–H groups in total. The summed E-state index contributed by atoms with van der Waals surface area (Å²) >= 11 is 0. The van der Waals surface area contributed by atoms with Crippen LogP contribution in [0.25, 0.3) is 0 Å². The molecule has 3 heterocycles. The van der Waals surface area contributed by atoms with Crippen LogP contribution in [0.4, 0.5) is 5.69 Å². The average Bonchev–Trinajstić information content (AvgIpc) is 2.72. The van der Waals surface area contributed by atoms with Crippen LogP contribution in [0, 0.1) is 12.8 Å². The predicted octanol–water partition coefficient (Wildman–Crippen LogP) is 2.25. The molecule has 2 fully saturated rings. The lowest BCUT2D eigenvalue weighted by atomic mass is 9.89. The van der Waals surface area contributed by atoms with Gasteiger partial charge in [-0.3, -0.25) is 9.78 Å². The van der Waals surface area contributed by atoms with Crippen molar-refractivity contribution in [2.45, 2.75) is 51.1 Å². The van der Waals surface area contributed by atoms with Crippen LogP contribution in [0.1, 0.15) is 37.8 Å². The molecule has 0 radical (unpaired) electrons. The maximum atomic E-state index is 12.1. The molecule has 0 aliphatic carbocycles. The van der Waals surface area contributed by atoms with Gasteiger partial charge in [0.15, 0.2) is 0 Å². The molecule has 0 spiro atoms. The van der Waals surface area contributed by atoms with Gasteiger partial charge in [-0.2, -0.15) is 0 Å². The summed E-state index contributed by atoms with van der Waals surface area (Å²) in [5.74, 6) is 0.665. The number of fused-ring (bicyclic) bond motifs is 2. The van der Waals surface area contributed by atoms with Crippen LogP contribution in [0.15, 0.2) is 18.3 Å². The molecule has 2 atom stereocenters. The lowest BCUT2D eigenvalue weighted by Gasteiger charge is -2.28. The zero-order valence-corrected chi connectivity index (χ0v) is 11.4. The van der Waals surface area contributed by atoms with Gasteiger partial charge in [-0.15, -0.1) is 0 Å². The topological polar surface area (TPSA) is 54.0 Å². The molecule has 1 amide bonds. The zero-order chi connectivity index (χ0) is 13.2. The molecule has 2 aliphatic heterocycles. The Morgan fingerprint density at radius 1 is 1.42 bits per heavy atom. The largest absolute Gasteiger partial charge is 0.324 e. The van der Waals surface area contributed by atoms with Gasteiger partial charge in [0.05, 0.1) is 11.4 Å². The van der Waals surface area contributed by atoms with Gasteiger partial charge in [0.2, 0.25) is 5.91 Å². The average molecular weight is 259 g/mol. The minimum atomic E-state index is 0.127. The molecule has 4 nitrogen and oxygen atoms in total. The van der Waals surface area contributed by atoms with Crippen LogP contribution in [-0.2, 0) is 4.79 Å². The zero-order valence-electron chi connectivity index (χ0n) is 11.4. The molecule has 2 aliphatic rings. The number of pyridine rings is 1. The molecule has 2 bridgehead atoms. The number of nitrogens with zero attached hydrogens (tertiary/aromatic N) is 1. The first-order valence-corrected chi connectivity index (χ1v) is 7.18. The molecule has 19 heavy (non-hydrogen) atoms. The van der Waals surface area contributed by atoms with Gasteiger partial charge in [0, 0.05) is 24.7 Å². The molecule has 2 saturated heterocycles. The van der Waals surface area contributed by atoms with E-state index in [0.29, 0.717) is 24.4 Å². The third-order valence-corrected chi connectivity index (χ3v) is 4.33. The summed E-state index contributed by atoms with van der Waals surface area (Å²) in [6, 6.07) is 5.06. The smallest absolute Gasteiger partial charge is 0.224 e. The molecule has 102 valence electrons. The number of piperidine rings is 1. The van der Waals surface area contributed by atoms with Crippen LogP contribution in [0.2, 0.25) is 0 Å². The highest BCUT2D eigenvalue weighted by Gasteiger charge is 2.34. The second-order valence-corrected chi connectivity index (χ2v) is 5.86. The molecule has 0 aromatic carbocycles. The van der Waals surface area contributed by atoms with E-state index in [1.165, 1.54) is 12.8 Å². The third kappa shape index (κ3) is 2.95. The molecule has 2 unspecified atom stereocenters. The fraction of sp³-hybridized carbons (Fsp3) is 0.600. The Balaban J connectivity index is 1.56. The summed E-state index contributed by atoms with van der Waals surface area (Å²) in [6.45, 7) is 1.92. The summed E-state index contributed by atoms with van der Waals surface area (Å²) in [6.07, 6.45) is 7.25.